The molecule has 0 saturated heterocycles. The number of rotatable bonds is 6. The molecule has 0 bridgehead atoms. The van der Waals surface area contributed by atoms with Crippen LogP contribution in [-0.2, 0) is 17.7 Å². The number of aromatic nitrogens is 1. The van der Waals surface area contributed by atoms with E-state index in [1.807, 2.05) is 6.92 Å². The highest BCUT2D eigenvalue weighted by atomic mass is 16.5. The van der Waals surface area contributed by atoms with E-state index in [-0.39, 0.29) is 0 Å². The van der Waals surface area contributed by atoms with E-state index in [4.69, 9.17) is 9.15 Å². The van der Waals surface area contributed by atoms with Crippen molar-refractivity contribution in [1.82, 2.24) is 10.3 Å². The van der Waals surface area contributed by atoms with Gasteiger partial charge in [0.25, 0.3) is 0 Å². The van der Waals surface area contributed by atoms with Crippen LogP contribution in [0.25, 0.3) is 0 Å². The summed E-state index contributed by atoms with van der Waals surface area (Å²) in [5, 5.41) is 3.16. The van der Waals surface area contributed by atoms with Crippen molar-refractivity contribution in [3.63, 3.8) is 0 Å². The second-order valence-corrected chi connectivity index (χ2v) is 2.74. The molecule has 1 aromatic heterocycles. The molecular weight excluding hydrogens is 168 g/mol. The third-order valence-electron chi connectivity index (χ3n) is 1.71. The zero-order valence-electron chi connectivity index (χ0n) is 8.17. The van der Waals surface area contributed by atoms with E-state index in [9.17, 15) is 0 Å². The normalized spacial score (nSPS) is 10.6. The maximum Gasteiger partial charge on any atom is 0.208 e. The maximum absolute atomic E-state index is 5.40. The predicted octanol–water partition coefficient (Wildman–Crippen LogP) is 0.973. The Hall–Kier alpha value is -0.870. The van der Waals surface area contributed by atoms with Gasteiger partial charge in [0, 0.05) is 20.1 Å². The third-order valence-corrected chi connectivity index (χ3v) is 1.71. The average molecular weight is 184 g/mol. The van der Waals surface area contributed by atoms with Gasteiger partial charge < -0.3 is 14.5 Å². The van der Waals surface area contributed by atoms with Gasteiger partial charge in [0.1, 0.15) is 5.76 Å². The zero-order valence-corrected chi connectivity index (χ0v) is 8.17. The highest BCUT2D eigenvalue weighted by Gasteiger charge is 2.00. The maximum atomic E-state index is 5.40. The van der Waals surface area contributed by atoms with Crippen molar-refractivity contribution in [2.24, 2.45) is 0 Å². The Morgan fingerprint density at radius 1 is 1.62 bits per heavy atom. The Morgan fingerprint density at radius 2 is 2.46 bits per heavy atom. The van der Waals surface area contributed by atoms with E-state index < -0.39 is 0 Å². The van der Waals surface area contributed by atoms with Gasteiger partial charge in [-0.15, -0.1) is 0 Å². The molecule has 0 aliphatic carbocycles. The van der Waals surface area contributed by atoms with E-state index in [0.717, 1.165) is 24.6 Å². The van der Waals surface area contributed by atoms with Crippen LogP contribution in [0.5, 0.6) is 0 Å². The first-order chi connectivity index (χ1) is 6.36. The zero-order chi connectivity index (χ0) is 9.52. The number of hydrogen-bond acceptors (Lipinski definition) is 4. The van der Waals surface area contributed by atoms with Crippen LogP contribution in [0.3, 0.4) is 0 Å². The molecule has 1 N–H and O–H groups in total. The van der Waals surface area contributed by atoms with Crippen molar-refractivity contribution in [3.05, 3.63) is 17.8 Å². The Bertz CT molecular complexity index is 235. The van der Waals surface area contributed by atoms with Crippen molar-refractivity contribution in [1.29, 1.82) is 0 Å². The smallest absolute Gasteiger partial charge is 0.208 e. The molecule has 0 fully saturated rings. The first-order valence-electron chi connectivity index (χ1n) is 4.50. The Labute approximate surface area is 78.3 Å². The lowest BCUT2D eigenvalue weighted by atomic mass is 10.4. The largest absolute Gasteiger partial charge is 0.444 e. The van der Waals surface area contributed by atoms with Crippen molar-refractivity contribution >= 4 is 0 Å². The van der Waals surface area contributed by atoms with Gasteiger partial charge in [0.15, 0.2) is 0 Å². The minimum absolute atomic E-state index is 0.670. The molecule has 0 saturated carbocycles. The third kappa shape index (κ3) is 3.57. The number of ether oxygens (including phenoxy) is 1. The lowest BCUT2D eigenvalue weighted by Gasteiger charge is -1.99. The number of hydrogen-bond donors (Lipinski definition) is 1. The van der Waals surface area contributed by atoms with Crippen LogP contribution in [-0.4, -0.2) is 25.2 Å². The van der Waals surface area contributed by atoms with Crippen molar-refractivity contribution in [2.45, 2.75) is 19.9 Å². The molecule has 0 atom stereocenters. The standard InChI is InChI=1S/C9H16N2O2/c1-3-8-6-11-9(13-8)7-10-4-5-12-2/h6,10H,3-5,7H2,1-2H3. The Morgan fingerprint density at radius 3 is 3.08 bits per heavy atom. The molecule has 4 nitrogen and oxygen atoms in total. The van der Waals surface area contributed by atoms with Crippen LogP contribution in [0.15, 0.2) is 10.6 Å². The van der Waals surface area contributed by atoms with E-state index in [1.54, 1.807) is 13.3 Å². The summed E-state index contributed by atoms with van der Waals surface area (Å²) in [4.78, 5) is 4.11. The fourth-order valence-electron chi connectivity index (χ4n) is 0.963. The van der Waals surface area contributed by atoms with E-state index in [0.29, 0.717) is 13.2 Å². The highest BCUT2D eigenvalue weighted by molar-refractivity contribution is 4.93. The number of aryl methyl sites for hydroxylation is 1. The molecule has 0 amide bonds. The minimum Gasteiger partial charge on any atom is -0.444 e. The summed E-state index contributed by atoms with van der Waals surface area (Å²) in [6.45, 7) is 4.24. The van der Waals surface area contributed by atoms with Crippen LogP contribution in [0.4, 0.5) is 0 Å². The van der Waals surface area contributed by atoms with Crippen molar-refractivity contribution < 1.29 is 9.15 Å². The SMILES string of the molecule is CCc1cnc(CNCCOC)o1. The molecule has 1 heterocycles. The van der Waals surface area contributed by atoms with Gasteiger partial charge in [-0.2, -0.15) is 0 Å². The lowest BCUT2D eigenvalue weighted by molar-refractivity contribution is 0.198. The molecule has 4 heteroatoms. The van der Waals surface area contributed by atoms with Crippen LogP contribution in [0.2, 0.25) is 0 Å². The summed E-state index contributed by atoms with van der Waals surface area (Å²) in [7, 11) is 1.68. The Balaban J connectivity index is 2.20. The Kier molecular flexibility index (Phi) is 4.49. The van der Waals surface area contributed by atoms with Crippen LogP contribution in [0.1, 0.15) is 18.6 Å². The monoisotopic (exact) mass is 184 g/mol. The fourth-order valence-corrected chi connectivity index (χ4v) is 0.963. The quantitative estimate of drug-likeness (QED) is 0.669. The summed E-state index contributed by atoms with van der Waals surface area (Å²) in [6.07, 6.45) is 2.67. The molecule has 1 rings (SSSR count). The van der Waals surface area contributed by atoms with Crippen LogP contribution < -0.4 is 5.32 Å². The number of oxazole rings is 1. The second-order valence-electron chi connectivity index (χ2n) is 2.74. The molecule has 0 aliphatic rings. The first kappa shape index (κ1) is 10.2. The van der Waals surface area contributed by atoms with Crippen LogP contribution >= 0.6 is 0 Å². The van der Waals surface area contributed by atoms with Gasteiger partial charge in [0.2, 0.25) is 5.89 Å². The molecule has 0 radical (unpaired) electrons. The molecule has 0 aromatic carbocycles. The summed E-state index contributed by atoms with van der Waals surface area (Å²) in [5.41, 5.74) is 0. The molecule has 0 unspecified atom stereocenters. The van der Waals surface area contributed by atoms with Gasteiger partial charge >= 0.3 is 0 Å². The van der Waals surface area contributed by atoms with Gasteiger partial charge in [0.05, 0.1) is 19.3 Å². The van der Waals surface area contributed by atoms with Crippen molar-refractivity contribution in [3.8, 4) is 0 Å². The molecule has 0 spiro atoms. The van der Waals surface area contributed by atoms with Gasteiger partial charge in [-0.05, 0) is 0 Å². The fraction of sp³-hybridized carbons (Fsp3) is 0.667. The summed E-state index contributed by atoms with van der Waals surface area (Å²) in [5.74, 6) is 1.68. The van der Waals surface area contributed by atoms with E-state index >= 15 is 0 Å². The average Bonchev–Trinajstić information content (AvgIpc) is 2.60. The number of methoxy groups -OCH3 is 1. The second kappa shape index (κ2) is 5.72. The summed E-state index contributed by atoms with van der Waals surface area (Å²) < 4.78 is 10.3. The molecular formula is C9H16N2O2. The van der Waals surface area contributed by atoms with Crippen molar-refractivity contribution in [2.75, 3.05) is 20.3 Å². The molecule has 0 aliphatic heterocycles. The number of nitrogens with one attached hydrogen (secondary N) is 1. The van der Waals surface area contributed by atoms with E-state index in [2.05, 4.69) is 10.3 Å². The number of nitrogens with zero attached hydrogens (tertiary/aromatic N) is 1. The van der Waals surface area contributed by atoms with Gasteiger partial charge in [-0.1, -0.05) is 6.92 Å². The molecule has 13 heavy (non-hydrogen) atoms. The topological polar surface area (TPSA) is 47.3 Å². The summed E-state index contributed by atoms with van der Waals surface area (Å²) >= 11 is 0. The minimum atomic E-state index is 0.670. The van der Waals surface area contributed by atoms with Gasteiger partial charge in [-0.25, -0.2) is 4.98 Å². The van der Waals surface area contributed by atoms with Crippen LogP contribution in [0, 0.1) is 0 Å². The molecule has 74 valence electrons. The highest BCUT2D eigenvalue weighted by Crippen LogP contribution is 2.03. The lowest BCUT2D eigenvalue weighted by Crippen LogP contribution is -2.18. The first-order valence-corrected chi connectivity index (χ1v) is 4.50. The van der Waals surface area contributed by atoms with E-state index in [1.165, 1.54) is 0 Å². The predicted molar refractivity (Wildman–Crippen MR) is 49.5 cm³/mol. The van der Waals surface area contributed by atoms with Gasteiger partial charge in [-0.3, -0.25) is 0 Å². The summed E-state index contributed by atoms with van der Waals surface area (Å²) in [6, 6.07) is 0. The molecule has 1 aromatic rings.